The maximum Gasteiger partial charge on any atom is 0.410 e. The largest absolute Gasteiger partial charge is 0.449 e. The van der Waals surface area contributed by atoms with Gasteiger partial charge in [0.1, 0.15) is 12.2 Å². The highest BCUT2D eigenvalue weighted by Gasteiger charge is 2.38. The molecule has 4 rings (SSSR count). The van der Waals surface area contributed by atoms with Gasteiger partial charge in [0, 0.05) is 24.9 Å². The third-order valence-corrected chi connectivity index (χ3v) is 6.04. The van der Waals surface area contributed by atoms with Crippen molar-refractivity contribution in [3.8, 4) is 11.1 Å². The van der Waals surface area contributed by atoms with E-state index in [0.717, 1.165) is 0 Å². The van der Waals surface area contributed by atoms with Crippen molar-refractivity contribution in [1.82, 2.24) is 10.2 Å². The summed E-state index contributed by atoms with van der Waals surface area (Å²) in [6.45, 7) is 6.87. The van der Waals surface area contributed by atoms with Gasteiger partial charge in [-0.1, -0.05) is 48.5 Å². The smallest absolute Gasteiger partial charge is 0.410 e. The molecular weight excluding hydrogens is 406 g/mol. The van der Waals surface area contributed by atoms with Crippen LogP contribution in [0.2, 0.25) is 0 Å². The fraction of sp³-hybridized carbons (Fsp3) is 0.440. The second-order valence-electron chi connectivity index (χ2n) is 9.46. The Morgan fingerprint density at radius 3 is 2.19 bits per heavy atom. The van der Waals surface area contributed by atoms with Gasteiger partial charge in [0.25, 0.3) is 0 Å². The quantitative estimate of drug-likeness (QED) is 0.760. The molecule has 2 amide bonds. The van der Waals surface area contributed by atoms with Gasteiger partial charge in [-0.25, -0.2) is 9.59 Å². The van der Waals surface area contributed by atoms with E-state index in [2.05, 4.69) is 29.6 Å². The highest BCUT2D eigenvalue weighted by molar-refractivity contribution is 5.79. The lowest BCUT2D eigenvalue weighted by Crippen LogP contribution is -2.43. The summed E-state index contributed by atoms with van der Waals surface area (Å²) in [5.41, 5.74) is 10.0. The fourth-order valence-corrected chi connectivity index (χ4v) is 4.54. The Kier molecular flexibility index (Phi) is 6.11. The van der Waals surface area contributed by atoms with Crippen molar-refractivity contribution in [2.45, 2.75) is 38.3 Å². The molecule has 1 heterocycles. The lowest BCUT2D eigenvalue weighted by molar-refractivity contribution is 0.0285. The van der Waals surface area contributed by atoms with Gasteiger partial charge < -0.3 is 25.4 Å². The fourth-order valence-electron chi connectivity index (χ4n) is 4.54. The van der Waals surface area contributed by atoms with Gasteiger partial charge in [0.05, 0.1) is 6.04 Å². The van der Waals surface area contributed by atoms with Crippen LogP contribution >= 0.6 is 0 Å². The van der Waals surface area contributed by atoms with E-state index in [-0.39, 0.29) is 24.5 Å². The van der Waals surface area contributed by atoms with E-state index in [1.807, 2.05) is 45.0 Å². The monoisotopic (exact) mass is 437 g/mol. The topological polar surface area (TPSA) is 93.9 Å². The van der Waals surface area contributed by atoms with Crippen LogP contribution in [0.3, 0.4) is 0 Å². The molecule has 2 aromatic carbocycles. The SMILES string of the molecule is CC(C)(C)OC(=O)N1CC(CN)C(NC(=O)OCC2c3ccccc3-c3ccccc32)C1. The van der Waals surface area contributed by atoms with Crippen LogP contribution < -0.4 is 11.1 Å². The number of hydrogen-bond acceptors (Lipinski definition) is 5. The normalized spacial score (nSPS) is 19.9. The van der Waals surface area contributed by atoms with Crippen molar-refractivity contribution >= 4 is 12.2 Å². The van der Waals surface area contributed by atoms with Crippen molar-refractivity contribution in [3.05, 3.63) is 59.7 Å². The molecule has 0 aromatic heterocycles. The second-order valence-corrected chi connectivity index (χ2v) is 9.46. The first kappa shape index (κ1) is 22.1. The van der Waals surface area contributed by atoms with E-state index in [9.17, 15) is 9.59 Å². The number of hydrogen-bond donors (Lipinski definition) is 2. The molecule has 7 nitrogen and oxygen atoms in total. The van der Waals surface area contributed by atoms with E-state index >= 15 is 0 Å². The predicted molar refractivity (Wildman–Crippen MR) is 122 cm³/mol. The van der Waals surface area contributed by atoms with E-state index in [1.165, 1.54) is 22.3 Å². The van der Waals surface area contributed by atoms with Crippen LogP contribution in [0.25, 0.3) is 11.1 Å². The zero-order valence-electron chi connectivity index (χ0n) is 18.8. The third kappa shape index (κ3) is 4.58. The second kappa shape index (κ2) is 8.82. The molecule has 1 aliphatic carbocycles. The number of nitrogens with zero attached hydrogens (tertiary/aromatic N) is 1. The average molecular weight is 438 g/mol. The molecule has 0 bridgehead atoms. The van der Waals surface area contributed by atoms with E-state index < -0.39 is 17.8 Å². The summed E-state index contributed by atoms with van der Waals surface area (Å²) in [6.07, 6.45) is -0.894. The van der Waals surface area contributed by atoms with Crippen LogP contribution in [-0.2, 0) is 9.47 Å². The van der Waals surface area contributed by atoms with Gasteiger partial charge in [-0.05, 0) is 49.6 Å². The summed E-state index contributed by atoms with van der Waals surface area (Å²) < 4.78 is 11.1. The van der Waals surface area contributed by atoms with Crippen LogP contribution in [-0.4, -0.2) is 55.0 Å². The molecule has 2 aromatic rings. The average Bonchev–Trinajstić information content (AvgIpc) is 3.30. The highest BCUT2D eigenvalue weighted by Crippen LogP contribution is 2.44. The first-order valence-electron chi connectivity index (χ1n) is 11.1. The Morgan fingerprint density at radius 1 is 1.03 bits per heavy atom. The molecular formula is C25H31N3O4. The van der Waals surface area contributed by atoms with E-state index in [0.29, 0.717) is 19.6 Å². The lowest BCUT2D eigenvalue weighted by atomic mass is 9.98. The molecule has 1 aliphatic heterocycles. The molecule has 0 spiro atoms. The Hall–Kier alpha value is -3.06. The maximum atomic E-state index is 12.6. The van der Waals surface area contributed by atoms with Crippen molar-refractivity contribution in [2.75, 3.05) is 26.2 Å². The molecule has 2 unspecified atom stereocenters. The van der Waals surface area contributed by atoms with Gasteiger partial charge in [0.15, 0.2) is 0 Å². The third-order valence-electron chi connectivity index (χ3n) is 6.04. The number of ether oxygens (including phenoxy) is 2. The zero-order chi connectivity index (χ0) is 22.9. The molecule has 170 valence electrons. The number of nitrogens with two attached hydrogens (primary N) is 1. The standard InChI is InChI=1S/C25H31N3O4/c1-25(2,3)32-24(30)28-13-16(12-26)22(14-28)27-23(29)31-15-21-19-10-6-4-8-17(19)18-9-5-7-11-20(18)21/h4-11,16,21-22H,12-15,26H2,1-3H3,(H,27,29). The molecule has 0 radical (unpaired) electrons. The Balaban J connectivity index is 1.38. The summed E-state index contributed by atoms with van der Waals surface area (Å²) in [5, 5.41) is 2.91. The predicted octanol–water partition coefficient (Wildman–Crippen LogP) is 3.72. The summed E-state index contributed by atoms with van der Waals surface area (Å²) in [4.78, 5) is 26.6. The molecule has 3 N–H and O–H groups in total. The number of carbonyl (C=O) groups is 2. The number of fused-ring (bicyclic) bond motifs is 3. The minimum absolute atomic E-state index is 0.000273. The molecule has 0 saturated carbocycles. The van der Waals surface area contributed by atoms with Crippen LogP contribution in [0.15, 0.2) is 48.5 Å². The first-order valence-corrected chi connectivity index (χ1v) is 11.1. The van der Waals surface area contributed by atoms with Gasteiger partial charge >= 0.3 is 12.2 Å². The zero-order valence-corrected chi connectivity index (χ0v) is 18.8. The van der Waals surface area contributed by atoms with Crippen molar-refractivity contribution < 1.29 is 19.1 Å². The summed E-state index contributed by atoms with van der Waals surface area (Å²) >= 11 is 0. The van der Waals surface area contributed by atoms with Gasteiger partial charge in [0.2, 0.25) is 0 Å². The minimum atomic E-state index is -0.576. The molecule has 32 heavy (non-hydrogen) atoms. The molecule has 2 aliphatic rings. The number of nitrogens with one attached hydrogen (secondary N) is 1. The number of amides is 2. The number of likely N-dealkylation sites (tertiary alicyclic amines) is 1. The Labute approximate surface area is 188 Å². The van der Waals surface area contributed by atoms with Gasteiger partial charge in [-0.3, -0.25) is 0 Å². The maximum absolute atomic E-state index is 12.6. The minimum Gasteiger partial charge on any atom is -0.449 e. The molecule has 1 fully saturated rings. The Morgan fingerprint density at radius 2 is 1.62 bits per heavy atom. The summed E-state index contributed by atoms with van der Waals surface area (Å²) in [6, 6.07) is 16.2. The first-order chi connectivity index (χ1) is 15.3. The lowest BCUT2D eigenvalue weighted by Gasteiger charge is -2.24. The van der Waals surface area contributed by atoms with Gasteiger partial charge in [-0.15, -0.1) is 0 Å². The van der Waals surface area contributed by atoms with Crippen LogP contribution in [0.4, 0.5) is 9.59 Å². The van der Waals surface area contributed by atoms with Gasteiger partial charge in [-0.2, -0.15) is 0 Å². The van der Waals surface area contributed by atoms with Crippen molar-refractivity contribution in [1.29, 1.82) is 0 Å². The summed E-state index contributed by atoms with van der Waals surface area (Å²) in [7, 11) is 0. The van der Waals surface area contributed by atoms with Crippen molar-refractivity contribution in [2.24, 2.45) is 11.7 Å². The molecule has 7 heteroatoms. The van der Waals surface area contributed by atoms with Crippen LogP contribution in [0, 0.1) is 5.92 Å². The number of rotatable bonds is 4. The summed E-state index contributed by atoms with van der Waals surface area (Å²) in [5.74, 6) is -0.0525. The molecule has 2 atom stereocenters. The van der Waals surface area contributed by atoms with E-state index in [1.54, 1.807) is 4.90 Å². The van der Waals surface area contributed by atoms with Crippen molar-refractivity contribution in [3.63, 3.8) is 0 Å². The van der Waals surface area contributed by atoms with E-state index in [4.69, 9.17) is 15.2 Å². The number of alkyl carbamates (subject to hydrolysis) is 1. The number of benzene rings is 2. The van der Waals surface area contributed by atoms with Crippen LogP contribution in [0.1, 0.15) is 37.8 Å². The van der Waals surface area contributed by atoms with Crippen LogP contribution in [0.5, 0.6) is 0 Å². The Bertz CT molecular complexity index is 955. The number of carbonyl (C=O) groups excluding carboxylic acids is 2. The molecule has 1 saturated heterocycles. The highest BCUT2D eigenvalue weighted by atomic mass is 16.6.